The first-order valence-electron chi connectivity index (χ1n) is 7.55. The van der Waals surface area contributed by atoms with Crippen molar-refractivity contribution in [3.8, 4) is 0 Å². The number of hydrazone groups is 1. The molecular formula is C17H16BrN3O2S. The molecule has 2 heterocycles. The highest BCUT2D eigenvalue weighted by atomic mass is 79.9. The molecule has 3 rings (SSSR count). The normalized spacial score (nSPS) is 15.0. The van der Waals surface area contributed by atoms with Gasteiger partial charge in [0.15, 0.2) is 0 Å². The van der Waals surface area contributed by atoms with Crippen molar-refractivity contribution in [2.24, 2.45) is 5.10 Å². The fourth-order valence-electron chi connectivity index (χ4n) is 2.49. The second kappa shape index (κ2) is 7.27. The van der Waals surface area contributed by atoms with Gasteiger partial charge in [0.25, 0.3) is 5.91 Å². The molecule has 1 aromatic carbocycles. The van der Waals surface area contributed by atoms with Crippen LogP contribution in [0.1, 0.15) is 35.0 Å². The first kappa shape index (κ1) is 16.9. The van der Waals surface area contributed by atoms with Crippen molar-refractivity contribution in [2.75, 3.05) is 11.4 Å². The molecule has 124 valence electrons. The van der Waals surface area contributed by atoms with E-state index in [1.807, 2.05) is 37.3 Å². The molecule has 1 aliphatic heterocycles. The van der Waals surface area contributed by atoms with Gasteiger partial charge in [0.05, 0.1) is 14.4 Å². The van der Waals surface area contributed by atoms with E-state index >= 15 is 0 Å². The summed E-state index contributed by atoms with van der Waals surface area (Å²) in [6.07, 6.45) is 1.53. The van der Waals surface area contributed by atoms with Crippen LogP contribution in [0.3, 0.4) is 0 Å². The monoisotopic (exact) mass is 405 g/mol. The fourth-order valence-corrected chi connectivity index (χ4v) is 3.77. The molecular weight excluding hydrogens is 390 g/mol. The van der Waals surface area contributed by atoms with Gasteiger partial charge in [-0.1, -0.05) is 12.1 Å². The zero-order valence-corrected chi connectivity index (χ0v) is 15.5. The van der Waals surface area contributed by atoms with Gasteiger partial charge in [-0.05, 0) is 59.1 Å². The van der Waals surface area contributed by atoms with Crippen molar-refractivity contribution < 1.29 is 9.59 Å². The van der Waals surface area contributed by atoms with Gasteiger partial charge < -0.3 is 4.90 Å². The summed E-state index contributed by atoms with van der Waals surface area (Å²) in [5, 5.41) is 4.15. The zero-order valence-electron chi connectivity index (χ0n) is 13.1. The minimum atomic E-state index is -0.232. The van der Waals surface area contributed by atoms with E-state index in [4.69, 9.17) is 0 Å². The third kappa shape index (κ3) is 3.73. The molecule has 7 heteroatoms. The predicted molar refractivity (Wildman–Crippen MR) is 99.7 cm³/mol. The van der Waals surface area contributed by atoms with Crippen LogP contribution in [0.4, 0.5) is 5.69 Å². The van der Waals surface area contributed by atoms with Crippen LogP contribution in [0.25, 0.3) is 0 Å². The van der Waals surface area contributed by atoms with Gasteiger partial charge in [-0.3, -0.25) is 9.59 Å². The Bertz CT molecular complexity index is 798. The van der Waals surface area contributed by atoms with Crippen LogP contribution in [0.2, 0.25) is 0 Å². The summed E-state index contributed by atoms with van der Waals surface area (Å²) < 4.78 is 0.903. The molecule has 1 aliphatic rings. The molecule has 1 fully saturated rings. The van der Waals surface area contributed by atoms with Gasteiger partial charge in [-0.15, -0.1) is 11.3 Å². The molecule has 2 aromatic rings. The summed E-state index contributed by atoms with van der Waals surface area (Å²) >= 11 is 4.69. The van der Waals surface area contributed by atoms with Crippen molar-refractivity contribution in [2.45, 2.75) is 19.8 Å². The number of anilines is 1. The molecule has 0 unspecified atom stereocenters. The number of nitrogens with zero attached hydrogens (tertiary/aromatic N) is 2. The number of rotatable bonds is 4. The molecule has 1 N–H and O–H groups in total. The Kier molecular flexibility index (Phi) is 5.11. The largest absolute Gasteiger partial charge is 0.312 e. The van der Waals surface area contributed by atoms with Gasteiger partial charge in [-0.2, -0.15) is 5.10 Å². The van der Waals surface area contributed by atoms with Crippen molar-refractivity contribution >= 4 is 50.5 Å². The quantitative estimate of drug-likeness (QED) is 0.621. The summed E-state index contributed by atoms with van der Waals surface area (Å²) in [4.78, 5) is 26.1. The molecule has 0 atom stereocenters. The van der Waals surface area contributed by atoms with Gasteiger partial charge >= 0.3 is 0 Å². The van der Waals surface area contributed by atoms with Gasteiger partial charge in [0, 0.05) is 18.7 Å². The Hall–Kier alpha value is -1.99. The molecule has 2 amide bonds. The molecule has 24 heavy (non-hydrogen) atoms. The van der Waals surface area contributed by atoms with Crippen LogP contribution in [0.5, 0.6) is 0 Å². The molecule has 0 bridgehead atoms. The Morgan fingerprint density at radius 3 is 2.58 bits per heavy atom. The van der Waals surface area contributed by atoms with Crippen LogP contribution < -0.4 is 10.3 Å². The van der Waals surface area contributed by atoms with E-state index in [1.54, 1.807) is 11.0 Å². The number of benzene rings is 1. The Balaban J connectivity index is 1.67. The third-order valence-corrected chi connectivity index (χ3v) is 5.41. The van der Waals surface area contributed by atoms with Gasteiger partial charge in [0.2, 0.25) is 5.91 Å². The van der Waals surface area contributed by atoms with E-state index in [2.05, 4.69) is 26.5 Å². The van der Waals surface area contributed by atoms with E-state index in [-0.39, 0.29) is 11.8 Å². The number of carbonyl (C=O) groups excluding carboxylic acids is 2. The topological polar surface area (TPSA) is 61.8 Å². The summed E-state index contributed by atoms with van der Waals surface area (Å²) in [7, 11) is 0. The van der Waals surface area contributed by atoms with Crippen molar-refractivity contribution in [1.29, 1.82) is 0 Å². The molecule has 0 spiro atoms. The van der Waals surface area contributed by atoms with Gasteiger partial charge in [-0.25, -0.2) is 5.43 Å². The van der Waals surface area contributed by atoms with Crippen LogP contribution in [-0.4, -0.2) is 24.1 Å². The first-order valence-corrected chi connectivity index (χ1v) is 9.16. The maximum atomic E-state index is 12.0. The molecule has 1 aromatic heterocycles. The smallest absolute Gasteiger partial charge is 0.281 e. The number of nitrogens with one attached hydrogen (secondary N) is 1. The van der Waals surface area contributed by atoms with E-state index < -0.39 is 0 Å². The molecule has 0 saturated carbocycles. The number of carbonyl (C=O) groups is 2. The average Bonchev–Trinajstić information content (AvgIpc) is 3.21. The lowest BCUT2D eigenvalue weighted by Crippen LogP contribution is -2.23. The van der Waals surface area contributed by atoms with E-state index in [9.17, 15) is 9.59 Å². The zero-order chi connectivity index (χ0) is 17.1. The number of halogens is 1. The Morgan fingerprint density at radius 1 is 1.25 bits per heavy atom. The Labute approximate surface area is 152 Å². The maximum Gasteiger partial charge on any atom is 0.281 e. The van der Waals surface area contributed by atoms with Crippen LogP contribution in [-0.2, 0) is 4.79 Å². The number of hydrogen-bond donors (Lipinski definition) is 1. The van der Waals surface area contributed by atoms with Crippen LogP contribution in [0, 0.1) is 0 Å². The Morgan fingerprint density at radius 2 is 2.00 bits per heavy atom. The molecule has 0 aliphatic carbocycles. The minimum Gasteiger partial charge on any atom is -0.312 e. The van der Waals surface area contributed by atoms with Crippen LogP contribution in [0.15, 0.2) is 45.3 Å². The average molecular weight is 406 g/mol. The van der Waals surface area contributed by atoms with E-state index in [0.717, 1.165) is 28.0 Å². The molecule has 0 radical (unpaired) electrons. The predicted octanol–water partition coefficient (Wildman–Crippen LogP) is 3.79. The number of amides is 2. The minimum absolute atomic E-state index is 0.169. The standard InChI is InChI=1S/C17H16BrN3O2S/c1-11(19-20-17(23)14-8-9-15(18)24-14)12-4-6-13(7-5-12)21-10-2-3-16(21)22/h4-9H,2-3,10H2,1H3,(H,20,23)/b19-11-. The number of thiophene rings is 1. The van der Waals surface area contributed by atoms with Crippen molar-refractivity contribution in [1.82, 2.24) is 5.43 Å². The van der Waals surface area contributed by atoms with E-state index in [0.29, 0.717) is 17.0 Å². The lowest BCUT2D eigenvalue weighted by atomic mass is 10.1. The SMILES string of the molecule is C/C(=N/NC(=O)c1ccc(Br)s1)c1ccc(N2CCCC2=O)cc1. The lowest BCUT2D eigenvalue weighted by molar-refractivity contribution is -0.117. The van der Waals surface area contributed by atoms with Crippen molar-refractivity contribution in [3.05, 3.63) is 50.6 Å². The van der Waals surface area contributed by atoms with E-state index in [1.165, 1.54) is 11.3 Å². The summed E-state index contributed by atoms with van der Waals surface area (Å²) in [5.41, 5.74) is 5.07. The second-order valence-electron chi connectivity index (χ2n) is 5.44. The maximum absolute atomic E-state index is 12.0. The molecule has 5 nitrogen and oxygen atoms in total. The lowest BCUT2D eigenvalue weighted by Gasteiger charge is -2.15. The fraction of sp³-hybridized carbons (Fsp3) is 0.235. The first-order chi connectivity index (χ1) is 11.5. The van der Waals surface area contributed by atoms with Crippen molar-refractivity contribution in [3.63, 3.8) is 0 Å². The summed E-state index contributed by atoms with van der Waals surface area (Å²) in [6, 6.07) is 11.2. The summed E-state index contributed by atoms with van der Waals surface area (Å²) in [6.45, 7) is 2.61. The second-order valence-corrected chi connectivity index (χ2v) is 7.90. The number of hydrogen-bond acceptors (Lipinski definition) is 4. The third-order valence-electron chi connectivity index (χ3n) is 3.79. The molecule has 1 saturated heterocycles. The highest BCUT2D eigenvalue weighted by Crippen LogP contribution is 2.23. The van der Waals surface area contributed by atoms with Gasteiger partial charge in [0.1, 0.15) is 0 Å². The highest BCUT2D eigenvalue weighted by Gasteiger charge is 2.21. The summed E-state index contributed by atoms with van der Waals surface area (Å²) in [5.74, 6) is -0.0631. The highest BCUT2D eigenvalue weighted by molar-refractivity contribution is 9.11. The van der Waals surface area contributed by atoms with Crippen LogP contribution >= 0.6 is 27.3 Å².